The van der Waals surface area contributed by atoms with E-state index in [1.54, 1.807) is 0 Å². The molecule has 0 amide bonds. The Morgan fingerprint density at radius 1 is 1.26 bits per heavy atom. The fraction of sp³-hybridized carbons (Fsp3) is 0.750. The van der Waals surface area contributed by atoms with E-state index in [0.717, 1.165) is 25.8 Å². The lowest BCUT2D eigenvalue weighted by atomic mass is 9.95. The van der Waals surface area contributed by atoms with Gasteiger partial charge in [0.25, 0.3) is 0 Å². The van der Waals surface area contributed by atoms with Crippen molar-refractivity contribution in [2.75, 3.05) is 13.1 Å². The van der Waals surface area contributed by atoms with Gasteiger partial charge in [0, 0.05) is 30.0 Å². The number of hydrogen-bond acceptors (Lipinski definition) is 2. The van der Waals surface area contributed by atoms with E-state index in [2.05, 4.69) is 28.7 Å². The third kappa shape index (κ3) is 2.72. The summed E-state index contributed by atoms with van der Waals surface area (Å²) in [6.45, 7) is 5.93. The Hall–Kier alpha value is -0.800. The Balaban J connectivity index is 1.69. The summed E-state index contributed by atoms with van der Waals surface area (Å²) < 4.78 is 2.39. The number of piperidine rings is 1. The second kappa shape index (κ2) is 5.68. The van der Waals surface area contributed by atoms with E-state index in [0.29, 0.717) is 6.04 Å². The summed E-state index contributed by atoms with van der Waals surface area (Å²) in [5.74, 6) is 0. The molecule has 3 heteroatoms. The van der Waals surface area contributed by atoms with E-state index in [1.165, 1.54) is 43.6 Å². The van der Waals surface area contributed by atoms with E-state index in [-0.39, 0.29) is 6.10 Å². The van der Waals surface area contributed by atoms with Crippen LogP contribution in [-0.4, -0.2) is 33.7 Å². The van der Waals surface area contributed by atoms with Gasteiger partial charge in [-0.3, -0.25) is 4.90 Å². The van der Waals surface area contributed by atoms with Crippen molar-refractivity contribution in [3.8, 4) is 0 Å². The Morgan fingerprint density at radius 2 is 2.05 bits per heavy atom. The van der Waals surface area contributed by atoms with Crippen LogP contribution in [0.5, 0.6) is 0 Å². The molecule has 0 aromatic carbocycles. The third-order valence-electron chi connectivity index (χ3n) is 4.84. The van der Waals surface area contributed by atoms with E-state index in [4.69, 9.17) is 0 Å². The van der Waals surface area contributed by atoms with Gasteiger partial charge in [-0.05, 0) is 58.2 Å². The SMILES string of the molecule is CC(Cn1ccc2c1CCCC2O)N1CCCCC1. The summed E-state index contributed by atoms with van der Waals surface area (Å²) in [4.78, 5) is 2.62. The lowest BCUT2D eigenvalue weighted by molar-refractivity contribution is 0.149. The number of hydrogen-bond donors (Lipinski definition) is 1. The minimum absolute atomic E-state index is 0.227. The maximum Gasteiger partial charge on any atom is 0.0807 e. The maximum absolute atomic E-state index is 10.0. The van der Waals surface area contributed by atoms with Gasteiger partial charge in [-0.15, -0.1) is 0 Å². The van der Waals surface area contributed by atoms with Crippen LogP contribution in [0.25, 0.3) is 0 Å². The first-order valence-electron chi connectivity index (χ1n) is 7.85. The van der Waals surface area contributed by atoms with Gasteiger partial charge in [-0.2, -0.15) is 0 Å². The first-order chi connectivity index (χ1) is 9.25. The second-order valence-electron chi connectivity index (χ2n) is 6.22. The fourth-order valence-electron chi connectivity index (χ4n) is 3.66. The van der Waals surface area contributed by atoms with Gasteiger partial charge >= 0.3 is 0 Å². The van der Waals surface area contributed by atoms with Crippen LogP contribution in [0, 0.1) is 0 Å². The van der Waals surface area contributed by atoms with Gasteiger partial charge in [-0.1, -0.05) is 6.42 Å². The topological polar surface area (TPSA) is 28.4 Å². The highest BCUT2D eigenvalue weighted by Crippen LogP contribution is 2.30. The molecule has 1 aromatic heterocycles. The molecule has 2 unspecified atom stereocenters. The molecule has 1 aromatic rings. The van der Waals surface area contributed by atoms with Crippen LogP contribution in [0.2, 0.25) is 0 Å². The van der Waals surface area contributed by atoms with Crippen molar-refractivity contribution >= 4 is 0 Å². The maximum atomic E-state index is 10.0. The van der Waals surface area contributed by atoms with Crippen molar-refractivity contribution in [3.63, 3.8) is 0 Å². The van der Waals surface area contributed by atoms with Crippen molar-refractivity contribution in [2.45, 2.75) is 64.1 Å². The minimum atomic E-state index is -0.227. The number of fused-ring (bicyclic) bond motifs is 1. The average Bonchev–Trinajstić information content (AvgIpc) is 2.84. The van der Waals surface area contributed by atoms with Gasteiger partial charge in [0.05, 0.1) is 6.10 Å². The molecule has 1 fully saturated rings. The van der Waals surface area contributed by atoms with Gasteiger partial charge in [-0.25, -0.2) is 0 Å². The zero-order chi connectivity index (χ0) is 13.2. The molecule has 3 nitrogen and oxygen atoms in total. The lowest BCUT2D eigenvalue weighted by Crippen LogP contribution is -2.40. The zero-order valence-electron chi connectivity index (χ0n) is 12.0. The molecule has 1 N–H and O–H groups in total. The molecule has 1 saturated heterocycles. The van der Waals surface area contributed by atoms with Crippen molar-refractivity contribution in [3.05, 3.63) is 23.5 Å². The van der Waals surface area contributed by atoms with E-state index >= 15 is 0 Å². The highest BCUT2D eigenvalue weighted by Gasteiger charge is 2.23. The van der Waals surface area contributed by atoms with Crippen LogP contribution < -0.4 is 0 Å². The van der Waals surface area contributed by atoms with Crippen molar-refractivity contribution in [1.82, 2.24) is 9.47 Å². The molecule has 2 atom stereocenters. The molecule has 0 saturated carbocycles. The minimum Gasteiger partial charge on any atom is -0.388 e. The van der Waals surface area contributed by atoms with Crippen molar-refractivity contribution in [1.29, 1.82) is 0 Å². The van der Waals surface area contributed by atoms with Crippen LogP contribution in [0.4, 0.5) is 0 Å². The van der Waals surface area contributed by atoms with Crippen LogP contribution in [-0.2, 0) is 13.0 Å². The van der Waals surface area contributed by atoms with Crippen LogP contribution in [0.1, 0.15) is 56.4 Å². The normalized spacial score (nSPS) is 26.1. The summed E-state index contributed by atoms with van der Waals surface area (Å²) >= 11 is 0. The average molecular weight is 262 g/mol. The van der Waals surface area contributed by atoms with E-state index in [1.807, 2.05) is 0 Å². The largest absolute Gasteiger partial charge is 0.388 e. The molecule has 0 radical (unpaired) electrons. The number of aromatic nitrogens is 1. The smallest absolute Gasteiger partial charge is 0.0807 e. The summed E-state index contributed by atoms with van der Waals surface area (Å²) in [7, 11) is 0. The number of aliphatic hydroxyl groups is 1. The van der Waals surface area contributed by atoms with Gasteiger partial charge in [0.15, 0.2) is 0 Å². The highest BCUT2D eigenvalue weighted by molar-refractivity contribution is 5.27. The molecule has 106 valence electrons. The van der Waals surface area contributed by atoms with Gasteiger partial charge < -0.3 is 9.67 Å². The third-order valence-corrected chi connectivity index (χ3v) is 4.84. The van der Waals surface area contributed by atoms with E-state index in [9.17, 15) is 5.11 Å². The summed E-state index contributed by atoms with van der Waals surface area (Å²) in [5, 5.41) is 10.0. The number of likely N-dealkylation sites (tertiary alicyclic amines) is 1. The summed E-state index contributed by atoms with van der Waals surface area (Å²) in [5.41, 5.74) is 2.56. The van der Waals surface area contributed by atoms with Crippen molar-refractivity contribution in [2.24, 2.45) is 0 Å². The quantitative estimate of drug-likeness (QED) is 0.907. The predicted octanol–water partition coefficient (Wildman–Crippen LogP) is 2.73. The first-order valence-corrected chi connectivity index (χ1v) is 7.85. The first kappa shape index (κ1) is 13.2. The van der Waals surface area contributed by atoms with Crippen LogP contribution >= 0.6 is 0 Å². The second-order valence-corrected chi connectivity index (χ2v) is 6.22. The Morgan fingerprint density at radius 3 is 2.84 bits per heavy atom. The molecule has 3 rings (SSSR count). The van der Waals surface area contributed by atoms with Crippen LogP contribution in [0.15, 0.2) is 12.3 Å². The Kier molecular flexibility index (Phi) is 3.94. The molecule has 1 aliphatic heterocycles. The van der Waals surface area contributed by atoms with Crippen molar-refractivity contribution < 1.29 is 5.11 Å². The monoisotopic (exact) mass is 262 g/mol. The Labute approximate surface area is 116 Å². The summed E-state index contributed by atoms with van der Waals surface area (Å²) in [6.07, 6.45) is 9.24. The Bertz CT molecular complexity index is 420. The zero-order valence-corrected chi connectivity index (χ0v) is 12.0. The van der Waals surface area contributed by atoms with Gasteiger partial charge in [0.2, 0.25) is 0 Å². The molecule has 19 heavy (non-hydrogen) atoms. The number of aliphatic hydroxyl groups excluding tert-OH is 1. The molecule has 2 heterocycles. The number of rotatable bonds is 3. The lowest BCUT2D eigenvalue weighted by Gasteiger charge is -2.33. The van der Waals surface area contributed by atoms with E-state index < -0.39 is 0 Å². The molecular formula is C16H26N2O. The molecular weight excluding hydrogens is 236 g/mol. The molecule has 2 aliphatic rings. The number of nitrogens with zero attached hydrogens (tertiary/aromatic N) is 2. The highest BCUT2D eigenvalue weighted by atomic mass is 16.3. The van der Waals surface area contributed by atoms with Crippen LogP contribution in [0.3, 0.4) is 0 Å². The molecule has 0 spiro atoms. The summed E-state index contributed by atoms with van der Waals surface area (Å²) in [6, 6.07) is 2.73. The standard InChI is InChI=1S/C16H26N2O/c1-13(17-9-3-2-4-10-17)12-18-11-8-14-15(18)6-5-7-16(14)19/h8,11,13,16,19H,2-7,9-10,12H2,1H3. The fourth-order valence-corrected chi connectivity index (χ4v) is 3.66. The predicted molar refractivity (Wildman–Crippen MR) is 77.2 cm³/mol. The van der Waals surface area contributed by atoms with Gasteiger partial charge in [0.1, 0.15) is 0 Å². The molecule has 0 bridgehead atoms. The molecule has 1 aliphatic carbocycles.